The molecule has 3 heterocycles. The van der Waals surface area contributed by atoms with Crippen molar-refractivity contribution in [3.8, 4) is 23.0 Å². The molecule has 3 aromatic carbocycles. The average molecular weight is 563 g/mol. The second-order valence-electron chi connectivity index (χ2n) is 10.2. The van der Waals surface area contributed by atoms with Gasteiger partial charge in [-0.15, -0.1) is 0 Å². The molecule has 2 aromatic heterocycles. The van der Waals surface area contributed by atoms with Crippen LogP contribution in [0, 0.1) is 11.3 Å². The highest BCUT2D eigenvalue weighted by molar-refractivity contribution is 7.89. The van der Waals surface area contributed by atoms with Gasteiger partial charge in [-0.1, -0.05) is 55.3 Å². The summed E-state index contributed by atoms with van der Waals surface area (Å²) in [6.07, 6.45) is 7.47. The van der Waals surface area contributed by atoms with E-state index in [1.165, 1.54) is 0 Å². The Morgan fingerprint density at radius 3 is 2.39 bits per heavy atom. The highest BCUT2D eigenvalue weighted by atomic mass is 32.2. The number of aryl methyl sites for hydroxylation is 1. The summed E-state index contributed by atoms with van der Waals surface area (Å²) in [5, 5.41) is 15.1. The number of imidazole rings is 1. The smallest absolute Gasteiger partial charge is 0.243 e. The first-order chi connectivity index (χ1) is 20.0. The molecule has 0 bridgehead atoms. The summed E-state index contributed by atoms with van der Waals surface area (Å²) in [7, 11) is -1.76. The number of rotatable bonds is 6. The fraction of sp³-hybridized carbons (Fsp3) is 0.219. The molecule has 0 unspecified atom stereocenters. The van der Waals surface area contributed by atoms with E-state index >= 15 is 0 Å². The zero-order chi connectivity index (χ0) is 28.4. The molecule has 1 aliphatic heterocycles. The van der Waals surface area contributed by atoms with Crippen molar-refractivity contribution in [2.24, 2.45) is 7.05 Å². The standard InChI is InChI=1S/C32H30N6O2S/c1-36-30-17-8-7-16-29(30)34-32(36)25(22-33)20-26-23-38(27-13-5-4-6-14-27)35-31(26)24-12-11-15-28(21-24)41(39,40)37-18-9-2-3-10-19-37/h4-8,11-17,20-21,23H,2-3,9-10,18-19H2,1H3/b25-20-. The number of hydrogen-bond donors (Lipinski definition) is 0. The number of nitrogens with zero attached hydrogens (tertiary/aromatic N) is 6. The molecule has 0 aliphatic carbocycles. The SMILES string of the molecule is Cn1c(/C(C#N)=C\c2cn(-c3ccccc3)nc2-c2cccc(S(=O)(=O)N3CCCCCC3)c2)nc2ccccc21. The van der Waals surface area contributed by atoms with Crippen molar-refractivity contribution in [1.82, 2.24) is 23.6 Å². The summed E-state index contributed by atoms with van der Waals surface area (Å²) < 4.78 is 32.5. The molecule has 9 heteroatoms. The Kier molecular flexibility index (Phi) is 7.26. The zero-order valence-corrected chi connectivity index (χ0v) is 23.6. The Hall–Kier alpha value is -4.52. The Balaban J connectivity index is 1.48. The highest BCUT2D eigenvalue weighted by Gasteiger charge is 2.26. The summed E-state index contributed by atoms with van der Waals surface area (Å²) in [5.41, 5.74) is 4.88. The van der Waals surface area contributed by atoms with E-state index in [1.807, 2.05) is 78.5 Å². The minimum atomic E-state index is -3.65. The predicted molar refractivity (Wildman–Crippen MR) is 160 cm³/mol. The van der Waals surface area contributed by atoms with Crippen LogP contribution in [-0.4, -0.2) is 45.1 Å². The highest BCUT2D eigenvalue weighted by Crippen LogP contribution is 2.31. The first-order valence-electron chi connectivity index (χ1n) is 13.7. The van der Waals surface area contributed by atoms with Crippen LogP contribution in [0.3, 0.4) is 0 Å². The number of allylic oxidation sites excluding steroid dienone is 1. The lowest BCUT2D eigenvalue weighted by molar-refractivity contribution is 0.424. The molecule has 8 nitrogen and oxygen atoms in total. The van der Waals surface area contributed by atoms with Crippen LogP contribution in [0.5, 0.6) is 0 Å². The van der Waals surface area contributed by atoms with Crippen molar-refractivity contribution in [2.75, 3.05) is 13.1 Å². The summed E-state index contributed by atoms with van der Waals surface area (Å²) in [5.74, 6) is 0.546. The van der Waals surface area contributed by atoms with Gasteiger partial charge in [0.05, 0.1) is 27.2 Å². The third-order valence-electron chi connectivity index (χ3n) is 7.52. The molecule has 0 radical (unpaired) electrons. The van der Waals surface area contributed by atoms with Gasteiger partial charge < -0.3 is 4.57 Å². The van der Waals surface area contributed by atoms with Crippen molar-refractivity contribution in [3.63, 3.8) is 0 Å². The van der Waals surface area contributed by atoms with Gasteiger partial charge in [-0.25, -0.2) is 18.1 Å². The Morgan fingerprint density at radius 2 is 1.66 bits per heavy atom. The van der Waals surface area contributed by atoms with Gasteiger partial charge in [0.1, 0.15) is 11.8 Å². The van der Waals surface area contributed by atoms with Gasteiger partial charge in [-0.05, 0) is 55.3 Å². The van der Waals surface area contributed by atoms with Crippen LogP contribution in [-0.2, 0) is 17.1 Å². The van der Waals surface area contributed by atoms with E-state index in [9.17, 15) is 13.7 Å². The van der Waals surface area contributed by atoms with Crippen molar-refractivity contribution in [3.05, 3.63) is 96.4 Å². The molecular formula is C32H30N6O2S. The van der Waals surface area contributed by atoms with Gasteiger partial charge >= 0.3 is 0 Å². The normalized spacial score (nSPS) is 15.1. The van der Waals surface area contributed by atoms with E-state index in [1.54, 1.807) is 33.3 Å². The van der Waals surface area contributed by atoms with Crippen LogP contribution < -0.4 is 0 Å². The minimum absolute atomic E-state index is 0.247. The zero-order valence-electron chi connectivity index (χ0n) is 22.8. The fourth-order valence-electron chi connectivity index (χ4n) is 5.35. The lowest BCUT2D eigenvalue weighted by atomic mass is 10.1. The summed E-state index contributed by atoms with van der Waals surface area (Å²) in [4.78, 5) is 4.96. The Bertz CT molecular complexity index is 1890. The first-order valence-corrected chi connectivity index (χ1v) is 15.2. The summed E-state index contributed by atoms with van der Waals surface area (Å²) >= 11 is 0. The van der Waals surface area contributed by atoms with Gasteiger partial charge in [0.15, 0.2) is 5.82 Å². The molecule has 6 rings (SSSR count). The number of hydrogen-bond acceptors (Lipinski definition) is 5. The number of fused-ring (bicyclic) bond motifs is 1. The van der Waals surface area contributed by atoms with Crippen LogP contribution in [0.1, 0.15) is 37.1 Å². The Morgan fingerprint density at radius 1 is 0.927 bits per heavy atom. The maximum absolute atomic E-state index is 13.6. The van der Waals surface area contributed by atoms with Crippen LogP contribution in [0.4, 0.5) is 0 Å². The Labute approximate surface area is 239 Å². The van der Waals surface area contributed by atoms with E-state index in [-0.39, 0.29) is 4.90 Å². The maximum Gasteiger partial charge on any atom is 0.243 e. The molecule has 1 aliphatic rings. The lowest BCUT2D eigenvalue weighted by Crippen LogP contribution is -2.31. The van der Waals surface area contributed by atoms with Gasteiger partial charge in [0, 0.05) is 37.5 Å². The average Bonchev–Trinajstić information content (AvgIpc) is 3.44. The second-order valence-corrected chi connectivity index (χ2v) is 12.2. The molecule has 41 heavy (non-hydrogen) atoms. The molecule has 0 saturated carbocycles. The van der Waals surface area contributed by atoms with Crippen molar-refractivity contribution >= 4 is 32.7 Å². The summed E-state index contributed by atoms with van der Waals surface area (Å²) in [6, 6.07) is 26.7. The van der Waals surface area contributed by atoms with E-state index in [4.69, 9.17) is 10.1 Å². The van der Waals surface area contributed by atoms with Gasteiger partial charge in [0.2, 0.25) is 10.0 Å². The van der Waals surface area contributed by atoms with E-state index in [2.05, 4.69) is 6.07 Å². The fourth-order valence-corrected chi connectivity index (χ4v) is 6.92. The monoisotopic (exact) mass is 562 g/mol. The molecule has 5 aromatic rings. The predicted octanol–water partition coefficient (Wildman–Crippen LogP) is 6.05. The molecule has 0 spiro atoms. The van der Waals surface area contributed by atoms with Crippen LogP contribution in [0.2, 0.25) is 0 Å². The number of aromatic nitrogens is 4. The van der Waals surface area contributed by atoms with Crippen LogP contribution >= 0.6 is 0 Å². The van der Waals surface area contributed by atoms with Crippen molar-refractivity contribution in [2.45, 2.75) is 30.6 Å². The van der Waals surface area contributed by atoms with E-state index < -0.39 is 10.0 Å². The third-order valence-corrected chi connectivity index (χ3v) is 9.42. The van der Waals surface area contributed by atoms with Crippen LogP contribution in [0.25, 0.3) is 39.6 Å². The van der Waals surface area contributed by atoms with E-state index in [0.29, 0.717) is 41.3 Å². The second kappa shape index (κ2) is 11.2. The molecular weight excluding hydrogens is 532 g/mol. The quantitative estimate of drug-likeness (QED) is 0.235. The maximum atomic E-state index is 13.6. The number of nitriles is 1. The van der Waals surface area contributed by atoms with Gasteiger partial charge in [-0.2, -0.15) is 14.7 Å². The summed E-state index contributed by atoms with van der Waals surface area (Å²) in [6.45, 7) is 1.07. The lowest BCUT2D eigenvalue weighted by Gasteiger charge is -2.20. The minimum Gasteiger partial charge on any atom is -0.327 e. The molecule has 0 atom stereocenters. The van der Waals surface area contributed by atoms with Gasteiger partial charge in [-0.3, -0.25) is 0 Å². The van der Waals surface area contributed by atoms with Gasteiger partial charge in [0.25, 0.3) is 0 Å². The molecule has 0 N–H and O–H groups in total. The number of benzene rings is 3. The molecule has 0 amide bonds. The molecule has 206 valence electrons. The topological polar surface area (TPSA) is 96.8 Å². The number of para-hydroxylation sites is 3. The molecule has 1 fully saturated rings. The van der Waals surface area contributed by atoms with Crippen molar-refractivity contribution < 1.29 is 8.42 Å². The first kappa shape index (κ1) is 26.7. The van der Waals surface area contributed by atoms with Crippen LogP contribution in [0.15, 0.2) is 90.0 Å². The third kappa shape index (κ3) is 5.20. The van der Waals surface area contributed by atoms with E-state index in [0.717, 1.165) is 42.4 Å². The van der Waals surface area contributed by atoms with Crippen molar-refractivity contribution in [1.29, 1.82) is 5.26 Å². The largest absolute Gasteiger partial charge is 0.327 e. The number of sulfonamides is 1. The molecule has 1 saturated heterocycles.